The largest absolute Gasteiger partial charge is 0.331 e. The summed E-state index contributed by atoms with van der Waals surface area (Å²) < 4.78 is 0.915. The Balaban J connectivity index is 1.90. The lowest BCUT2D eigenvalue weighted by Gasteiger charge is -2.35. The number of carbonyl (C=O) groups excluding carboxylic acids is 3. The number of hydrogen-bond acceptors (Lipinski definition) is 3. The third kappa shape index (κ3) is 3.37. The molecule has 23 heavy (non-hydrogen) atoms. The van der Waals surface area contributed by atoms with Crippen LogP contribution in [0.3, 0.4) is 0 Å². The molecule has 1 aliphatic carbocycles. The fraction of sp³-hybridized carbons (Fsp3) is 0.353. The van der Waals surface area contributed by atoms with E-state index in [1.165, 1.54) is 11.0 Å². The van der Waals surface area contributed by atoms with Crippen molar-refractivity contribution in [2.45, 2.75) is 38.1 Å². The Morgan fingerprint density at radius 1 is 1.04 bits per heavy atom. The van der Waals surface area contributed by atoms with Gasteiger partial charge in [0.15, 0.2) is 0 Å². The molecular weight excluding hydrogens is 360 g/mol. The molecule has 1 aromatic carbocycles. The molecule has 4 amide bonds. The van der Waals surface area contributed by atoms with Crippen LogP contribution < -0.4 is 5.32 Å². The van der Waals surface area contributed by atoms with E-state index in [1.807, 2.05) is 12.1 Å². The molecule has 0 atom stereocenters. The number of nitrogens with zero attached hydrogens (tertiary/aromatic N) is 1. The van der Waals surface area contributed by atoms with Crippen LogP contribution in [-0.2, 0) is 9.59 Å². The Labute approximate surface area is 142 Å². The van der Waals surface area contributed by atoms with E-state index in [0.717, 1.165) is 42.1 Å². The number of urea groups is 1. The van der Waals surface area contributed by atoms with Gasteiger partial charge < -0.3 is 0 Å². The summed E-state index contributed by atoms with van der Waals surface area (Å²) in [5.41, 5.74) is 0.752. The number of imide groups is 2. The van der Waals surface area contributed by atoms with E-state index in [0.29, 0.717) is 0 Å². The summed E-state index contributed by atoms with van der Waals surface area (Å²) in [6.45, 7) is 0. The summed E-state index contributed by atoms with van der Waals surface area (Å²) in [7, 11) is 0. The van der Waals surface area contributed by atoms with Crippen molar-refractivity contribution in [1.29, 1.82) is 0 Å². The second-order valence-electron chi connectivity index (χ2n) is 5.84. The average molecular weight is 377 g/mol. The van der Waals surface area contributed by atoms with E-state index in [2.05, 4.69) is 21.2 Å². The number of carbonyl (C=O) groups is 3. The van der Waals surface area contributed by atoms with Crippen LogP contribution >= 0.6 is 15.9 Å². The predicted molar refractivity (Wildman–Crippen MR) is 89.4 cm³/mol. The summed E-state index contributed by atoms with van der Waals surface area (Å²) in [6, 6.07) is 6.57. The molecule has 120 valence electrons. The normalized spacial score (nSPS) is 21.7. The van der Waals surface area contributed by atoms with Crippen molar-refractivity contribution in [3.63, 3.8) is 0 Å². The quantitative estimate of drug-likeness (QED) is 0.636. The van der Waals surface area contributed by atoms with Crippen LogP contribution in [0.4, 0.5) is 4.79 Å². The maximum Gasteiger partial charge on any atom is 0.331 e. The van der Waals surface area contributed by atoms with Gasteiger partial charge >= 0.3 is 6.03 Å². The molecule has 0 bridgehead atoms. The Morgan fingerprint density at radius 3 is 2.35 bits per heavy atom. The Morgan fingerprint density at radius 2 is 1.70 bits per heavy atom. The maximum absolute atomic E-state index is 12.7. The molecule has 1 aromatic rings. The first-order chi connectivity index (χ1) is 11.1. The molecule has 0 spiro atoms. The van der Waals surface area contributed by atoms with Gasteiger partial charge in [0.05, 0.1) is 0 Å². The Bertz CT molecular complexity index is 676. The van der Waals surface area contributed by atoms with Crippen molar-refractivity contribution in [2.24, 2.45) is 0 Å². The molecule has 0 unspecified atom stereocenters. The fourth-order valence-corrected chi connectivity index (χ4v) is 3.33. The summed E-state index contributed by atoms with van der Waals surface area (Å²) in [5, 5.41) is 2.29. The Kier molecular flexibility index (Phi) is 4.61. The van der Waals surface area contributed by atoms with Gasteiger partial charge in [0, 0.05) is 10.5 Å². The molecule has 1 N–H and O–H groups in total. The zero-order valence-corrected chi connectivity index (χ0v) is 14.1. The van der Waals surface area contributed by atoms with Gasteiger partial charge in [0.1, 0.15) is 5.57 Å². The number of nitrogens with one attached hydrogen (secondary N) is 1. The van der Waals surface area contributed by atoms with Crippen LogP contribution in [0.1, 0.15) is 37.7 Å². The molecule has 1 aliphatic heterocycles. The van der Waals surface area contributed by atoms with Crippen LogP contribution in [0.2, 0.25) is 0 Å². The second kappa shape index (κ2) is 6.66. The maximum atomic E-state index is 12.7. The molecule has 1 saturated heterocycles. The van der Waals surface area contributed by atoms with Crippen molar-refractivity contribution >= 4 is 39.9 Å². The topological polar surface area (TPSA) is 66.5 Å². The molecule has 2 aliphatic rings. The third-order valence-corrected chi connectivity index (χ3v) is 4.78. The van der Waals surface area contributed by atoms with Crippen molar-refractivity contribution in [2.75, 3.05) is 0 Å². The molecule has 2 fully saturated rings. The molecule has 5 nitrogen and oxygen atoms in total. The number of amides is 4. The lowest BCUT2D eigenvalue weighted by molar-refractivity contribution is -0.132. The van der Waals surface area contributed by atoms with Crippen LogP contribution in [0.15, 0.2) is 34.3 Å². The first-order valence-corrected chi connectivity index (χ1v) is 8.51. The summed E-state index contributed by atoms with van der Waals surface area (Å²) in [6.07, 6.45) is 6.27. The summed E-state index contributed by atoms with van der Waals surface area (Å²) in [5.74, 6) is -1.12. The van der Waals surface area contributed by atoms with Gasteiger partial charge in [-0.1, -0.05) is 47.3 Å². The zero-order valence-electron chi connectivity index (χ0n) is 12.5. The third-order valence-electron chi connectivity index (χ3n) is 4.25. The number of halogens is 1. The summed E-state index contributed by atoms with van der Waals surface area (Å²) in [4.78, 5) is 38.1. The number of benzene rings is 1. The lowest BCUT2D eigenvalue weighted by Crippen LogP contribution is -2.58. The van der Waals surface area contributed by atoms with Crippen LogP contribution in [-0.4, -0.2) is 28.8 Å². The van der Waals surface area contributed by atoms with Gasteiger partial charge in [0.2, 0.25) is 0 Å². The molecule has 3 rings (SSSR count). The van der Waals surface area contributed by atoms with Gasteiger partial charge in [-0.05, 0) is 36.6 Å². The van der Waals surface area contributed by atoms with E-state index in [1.54, 1.807) is 12.1 Å². The minimum absolute atomic E-state index is 0.0116. The molecule has 1 heterocycles. The standard InChI is InChI=1S/C17H17BrN2O3/c18-12-8-6-11(7-9-12)10-14-15(21)19-17(23)20(16(14)22)13-4-2-1-3-5-13/h6-10,13H,1-5H2,(H,19,21,23). The van der Waals surface area contributed by atoms with Crippen molar-refractivity contribution in [3.8, 4) is 0 Å². The van der Waals surface area contributed by atoms with E-state index in [-0.39, 0.29) is 11.6 Å². The van der Waals surface area contributed by atoms with Crippen molar-refractivity contribution in [1.82, 2.24) is 10.2 Å². The number of hydrogen-bond donors (Lipinski definition) is 1. The highest BCUT2D eigenvalue weighted by atomic mass is 79.9. The second-order valence-corrected chi connectivity index (χ2v) is 6.75. The van der Waals surface area contributed by atoms with Crippen LogP contribution in [0.25, 0.3) is 6.08 Å². The van der Waals surface area contributed by atoms with E-state index in [4.69, 9.17) is 0 Å². The fourth-order valence-electron chi connectivity index (χ4n) is 3.07. The Hall–Kier alpha value is -1.95. The van der Waals surface area contributed by atoms with Crippen molar-refractivity contribution in [3.05, 3.63) is 39.9 Å². The SMILES string of the molecule is O=C1NC(=O)N(C2CCCCC2)C(=O)C1=Cc1ccc(Br)cc1. The van der Waals surface area contributed by atoms with Crippen molar-refractivity contribution < 1.29 is 14.4 Å². The highest BCUT2D eigenvalue weighted by molar-refractivity contribution is 9.10. The van der Waals surface area contributed by atoms with Gasteiger partial charge in [-0.2, -0.15) is 0 Å². The predicted octanol–water partition coefficient (Wildman–Crippen LogP) is 3.24. The molecule has 1 saturated carbocycles. The van der Waals surface area contributed by atoms with E-state index < -0.39 is 17.8 Å². The van der Waals surface area contributed by atoms with Gasteiger partial charge in [-0.3, -0.25) is 19.8 Å². The van der Waals surface area contributed by atoms with Crippen LogP contribution in [0, 0.1) is 0 Å². The zero-order chi connectivity index (χ0) is 16.4. The summed E-state index contributed by atoms with van der Waals surface area (Å²) >= 11 is 3.34. The smallest absolute Gasteiger partial charge is 0.273 e. The molecule has 6 heteroatoms. The molecule has 0 aromatic heterocycles. The molecule has 0 radical (unpaired) electrons. The monoisotopic (exact) mass is 376 g/mol. The van der Waals surface area contributed by atoms with Crippen LogP contribution in [0.5, 0.6) is 0 Å². The molecular formula is C17H17BrN2O3. The van der Waals surface area contributed by atoms with Gasteiger partial charge in [0.25, 0.3) is 11.8 Å². The minimum atomic E-state index is -0.630. The lowest BCUT2D eigenvalue weighted by atomic mass is 9.93. The average Bonchev–Trinajstić information content (AvgIpc) is 2.54. The first kappa shape index (κ1) is 15.9. The highest BCUT2D eigenvalue weighted by Crippen LogP contribution is 2.26. The highest BCUT2D eigenvalue weighted by Gasteiger charge is 2.40. The number of barbiturate groups is 1. The van der Waals surface area contributed by atoms with Gasteiger partial charge in [-0.25, -0.2) is 4.79 Å². The van der Waals surface area contributed by atoms with Gasteiger partial charge in [-0.15, -0.1) is 0 Å². The minimum Gasteiger partial charge on any atom is -0.273 e. The first-order valence-electron chi connectivity index (χ1n) is 7.72. The van der Waals surface area contributed by atoms with E-state index >= 15 is 0 Å². The number of rotatable bonds is 2. The van der Waals surface area contributed by atoms with E-state index in [9.17, 15) is 14.4 Å².